The molecule has 1 heterocycles. The standard InChI is InChI=1S/C9H11BrO2S/c1-5(2)8(11)9(12)6-3-4-7(10)13-6/h3-5,9,12H,1-2H3. The van der Waals surface area contributed by atoms with Gasteiger partial charge in [-0.05, 0) is 28.1 Å². The first-order valence-electron chi connectivity index (χ1n) is 3.99. The molecule has 0 aliphatic heterocycles. The Morgan fingerprint density at radius 3 is 2.54 bits per heavy atom. The number of halogens is 1. The lowest BCUT2D eigenvalue weighted by Gasteiger charge is -2.09. The molecule has 0 radical (unpaired) electrons. The van der Waals surface area contributed by atoms with E-state index in [-0.39, 0.29) is 11.7 Å². The molecule has 1 N–H and O–H groups in total. The number of carbonyl (C=O) groups is 1. The van der Waals surface area contributed by atoms with Crippen LogP contribution in [0.15, 0.2) is 15.9 Å². The Balaban J connectivity index is 2.79. The van der Waals surface area contributed by atoms with E-state index in [0.29, 0.717) is 4.88 Å². The zero-order valence-corrected chi connectivity index (χ0v) is 9.85. The number of Topliss-reactive ketones (excluding diaryl/α,β-unsaturated/α-hetero) is 1. The largest absolute Gasteiger partial charge is 0.380 e. The Morgan fingerprint density at radius 1 is 1.54 bits per heavy atom. The van der Waals surface area contributed by atoms with Gasteiger partial charge in [0, 0.05) is 10.8 Å². The Labute approximate surface area is 89.7 Å². The highest BCUT2D eigenvalue weighted by Gasteiger charge is 2.21. The smallest absolute Gasteiger partial charge is 0.169 e. The van der Waals surface area contributed by atoms with Crippen molar-refractivity contribution in [3.05, 3.63) is 20.8 Å². The zero-order valence-electron chi connectivity index (χ0n) is 7.45. The van der Waals surface area contributed by atoms with Crippen molar-refractivity contribution in [3.63, 3.8) is 0 Å². The summed E-state index contributed by atoms with van der Waals surface area (Å²) in [6.07, 6.45) is -0.962. The average molecular weight is 263 g/mol. The zero-order chi connectivity index (χ0) is 10.0. The number of carbonyl (C=O) groups excluding carboxylic acids is 1. The van der Waals surface area contributed by atoms with E-state index in [9.17, 15) is 9.90 Å². The summed E-state index contributed by atoms with van der Waals surface area (Å²) >= 11 is 4.67. The van der Waals surface area contributed by atoms with Crippen LogP contribution in [0, 0.1) is 5.92 Å². The molecule has 0 aliphatic carbocycles. The summed E-state index contributed by atoms with van der Waals surface area (Å²) in [6, 6.07) is 3.59. The van der Waals surface area contributed by atoms with Crippen LogP contribution in [-0.2, 0) is 4.79 Å². The molecule has 0 bridgehead atoms. The summed E-state index contributed by atoms with van der Waals surface area (Å²) in [5, 5.41) is 9.61. The number of hydrogen-bond acceptors (Lipinski definition) is 3. The summed E-state index contributed by atoms with van der Waals surface area (Å²) in [5.74, 6) is -0.259. The predicted octanol–water partition coefficient (Wildman–Crippen LogP) is 2.77. The third-order valence-corrected chi connectivity index (χ3v) is 3.38. The topological polar surface area (TPSA) is 37.3 Å². The second kappa shape index (κ2) is 4.35. The fraction of sp³-hybridized carbons (Fsp3) is 0.444. The number of aliphatic hydroxyl groups excluding tert-OH is 1. The molecule has 0 amide bonds. The van der Waals surface area contributed by atoms with Gasteiger partial charge in [0.05, 0.1) is 3.79 Å². The molecule has 4 heteroatoms. The molecule has 1 aromatic rings. The highest BCUT2D eigenvalue weighted by molar-refractivity contribution is 9.11. The van der Waals surface area contributed by atoms with Crippen molar-refractivity contribution >= 4 is 33.0 Å². The van der Waals surface area contributed by atoms with Crippen LogP contribution in [0.5, 0.6) is 0 Å². The molecular formula is C9H11BrO2S. The number of aliphatic hydroxyl groups is 1. The van der Waals surface area contributed by atoms with Crippen LogP contribution < -0.4 is 0 Å². The molecule has 0 saturated heterocycles. The molecule has 72 valence electrons. The molecule has 1 unspecified atom stereocenters. The maximum absolute atomic E-state index is 11.4. The van der Waals surface area contributed by atoms with Gasteiger partial charge >= 0.3 is 0 Å². The van der Waals surface area contributed by atoms with Crippen LogP contribution in [0.25, 0.3) is 0 Å². The molecule has 0 fully saturated rings. The lowest BCUT2D eigenvalue weighted by atomic mass is 10.0. The maximum atomic E-state index is 11.4. The van der Waals surface area contributed by atoms with Gasteiger partial charge < -0.3 is 5.11 Å². The van der Waals surface area contributed by atoms with Gasteiger partial charge in [0.15, 0.2) is 5.78 Å². The monoisotopic (exact) mass is 262 g/mol. The third-order valence-electron chi connectivity index (χ3n) is 1.70. The van der Waals surface area contributed by atoms with Crippen molar-refractivity contribution in [1.82, 2.24) is 0 Å². The van der Waals surface area contributed by atoms with Crippen molar-refractivity contribution in [2.45, 2.75) is 20.0 Å². The molecule has 1 aromatic heterocycles. The minimum Gasteiger partial charge on any atom is -0.380 e. The van der Waals surface area contributed by atoms with Crippen molar-refractivity contribution in [2.24, 2.45) is 5.92 Å². The molecule has 0 aromatic carbocycles. The lowest BCUT2D eigenvalue weighted by Crippen LogP contribution is -2.16. The lowest BCUT2D eigenvalue weighted by molar-refractivity contribution is -0.130. The SMILES string of the molecule is CC(C)C(=O)C(O)c1ccc(Br)s1. The van der Waals surface area contributed by atoms with Crippen LogP contribution >= 0.6 is 27.3 Å². The number of hydrogen-bond donors (Lipinski definition) is 1. The van der Waals surface area contributed by atoms with E-state index in [1.165, 1.54) is 11.3 Å². The van der Waals surface area contributed by atoms with E-state index in [2.05, 4.69) is 15.9 Å². The Kier molecular flexibility index (Phi) is 3.64. The summed E-state index contributed by atoms with van der Waals surface area (Å²) < 4.78 is 0.929. The molecule has 0 saturated carbocycles. The summed E-state index contributed by atoms with van der Waals surface area (Å²) in [5.41, 5.74) is 0. The normalized spacial score (nSPS) is 13.3. The van der Waals surface area contributed by atoms with Crippen molar-refractivity contribution in [3.8, 4) is 0 Å². The number of thiophene rings is 1. The first-order valence-corrected chi connectivity index (χ1v) is 5.60. The number of rotatable bonds is 3. The van der Waals surface area contributed by atoms with E-state index in [0.717, 1.165) is 3.79 Å². The van der Waals surface area contributed by atoms with Crippen molar-refractivity contribution < 1.29 is 9.90 Å². The van der Waals surface area contributed by atoms with Crippen LogP contribution in [0.1, 0.15) is 24.8 Å². The summed E-state index contributed by atoms with van der Waals surface area (Å²) in [6.45, 7) is 3.57. The van der Waals surface area contributed by atoms with Gasteiger partial charge in [-0.2, -0.15) is 0 Å². The fourth-order valence-corrected chi connectivity index (χ4v) is 2.35. The molecule has 0 aliphatic rings. The van der Waals surface area contributed by atoms with Gasteiger partial charge in [-0.15, -0.1) is 11.3 Å². The number of ketones is 1. The third kappa shape index (κ3) is 2.62. The average Bonchev–Trinajstić information content (AvgIpc) is 2.49. The summed E-state index contributed by atoms with van der Waals surface area (Å²) in [4.78, 5) is 12.1. The molecule has 13 heavy (non-hydrogen) atoms. The van der Waals surface area contributed by atoms with E-state index in [1.807, 2.05) is 6.07 Å². The van der Waals surface area contributed by atoms with Gasteiger partial charge in [0.2, 0.25) is 0 Å². The maximum Gasteiger partial charge on any atom is 0.169 e. The van der Waals surface area contributed by atoms with Crippen LogP contribution in [0.3, 0.4) is 0 Å². The molecular weight excluding hydrogens is 252 g/mol. The molecule has 1 atom stereocenters. The van der Waals surface area contributed by atoms with Gasteiger partial charge in [-0.1, -0.05) is 13.8 Å². The quantitative estimate of drug-likeness (QED) is 0.910. The minimum absolute atomic E-state index is 0.129. The minimum atomic E-state index is -0.962. The first-order chi connectivity index (χ1) is 6.02. The van der Waals surface area contributed by atoms with E-state index in [4.69, 9.17) is 0 Å². The van der Waals surface area contributed by atoms with Gasteiger partial charge in [-0.3, -0.25) is 4.79 Å². The fourth-order valence-electron chi connectivity index (χ4n) is 0.931. The van der Waals surface area contributed by atoms with Crippen LogP contribution in [-0.4, -0.2) is 10.9 Å². The van der Waals surface area contributed by atoms with Gasteiger partial charge in [0.1, 0.15) is 6.10 Å². The van der Waals surface area contributed by atoms with Crippen LogP contribution in [0.4, 0.5) is 0 Å². The van der Waals surface area contributed by atoms with Gasteiger partial charge in [-0.25, -0.2) is 0 Å². The second-order valence-electron chi connectivity index (χ2n) is 3.10. The Morgan fingerprint density at radius 2 is 2.15 bits per heavy atom. The Hall–Kier alpha value is -0.190. The second-order valence-corrected chi connectivity index (χ2v) is 5.60. The highest BCUT2D eigenvalue weighted by atomic mass is 79.9. The molecule has 0 spiro atoms. The molecule has 2 nitrogen and oxygen atoms in total. The van der Waals surface area contributed by atoms with Crippen LogP contribution in [0.2, 0.25) is 0 Å². The summed E-state index contributed by atoms with van der Waals surface area (Å²) in [7, 11) is 0. The Bertz CT molecular complexity index is 306. The predicted molar refractivity (Wildman–Crippen MR) is 56.8 cm³/mol. The van der Waals surface area contributed by atoms with E-state index >= 15 is 0 Å². The van der Waals surface area contributed by atoms with Crippen molar-refractivity contribution in [2.75, 3.05) is 0 Å². The van der Waals surface area contributed by atoms with E-state index in [1.54, 1.807) is 19.9 Å². The highest BCUT2D eigenvalue weighted by Crippen LogP contribution is 2.28. The first kappa shape index (κ1) is 10.9. The van der Waals surface area contributed by atoms with Gasteiger partial charge in [0.25, 0.3) is 0 Å². The van der Waals surface area contributed by atoms with Crippen molar-refractivity contribution in [1.29, 1.82) is 0 Å². The molecule has 1 rings (SSSR count). The van der Waals surface area contributed by atoms with E-state index < -0.39 is 6.10 Å².